The monoisotopic (exact) mass is 206 g/mol. The first-order valence-electron chi connectivity index (χ1n) is 6.21. The molecule has 1 fully saturated rings. The van der Waals surface area contributed by atoms with Crippen LogP contribution in [0.15, 0.2) is 23.8 Å². The van der Waals surface area contributed by atoms with Gasteiger partial charge in [0.25, 0.3) is 0 Å². The number of rotatable bonds is 2. The van der Waals surface area contributed by atoms with Gasteiger partial charge in [-0.3, -0.25) is 0 Å². The van der Waals surface area contributed by atoms with Crippen molar-refractivity contribution < 1.29 is 4.74 Å². The van der Waals surface area contributed by atoms with Crippen LogP contribution in [0.2, 0.25) is 0 Å². The molecular formula is C14H22O. The number of hydrogen-bond donors (Lipinski definition) is 0. The minimum Gasteiger partial charge on any atom is -0.381 e. The fourth-order valence-electron chi connectivity index (χ4n) is 2.92. The molecule has 2 aliphatic rings. The smallest absolute Gasteiger partial charge is 0.0474 e. The number of hydrogen-bond acceptors (Lipinski definition) is 1. The second kappa shape index (κ2) is 4.52. The predicted molar refractivity (Wildman–Crippen MR) is 63.8 cm³/mol. The summed E-state index contributed by atoms with van der Waals surface area (Å²) in [5.41, 5.74) is 1.97. The molecule has 0 aromatic rings. The normalized spacial score (nSPS) is 25.4. The molecule has 1 aliphatic heterocycles. The van der Waals surface area contributed by atoms with Crippen LogP contribution in [0, 0.1) is 11.3 Å². The van der Waals surface area contributed by atoms with Crippen LogP contribution in [0.4, 0.5) is 0 Å². The minimum atomic E-state index is 0.398. The molecule has 0 bridgehead atoms. The number of allylic oxidation sites excluding steroid dienone is 4. The molecule has 0 saturated carbocycles. The molecule has 1 heteroatoms. The van der Waals surface area contributed by atoms with Crippen molar-refractivity contribution >= 4 is 0 Å². The SMILES string of the molecule is CC(C)C1(C2=CCCC=C2)CCOCC1. The van der Waals surface area contributed by atoms with Crippen molar-refractivity contribution in [2.75, 3.05) is 13.2 Å². The van der Waals surface area contributed by atoms with E-state index < -0.39 is 0 Å². The van der Waals surface area contributed by atoms with Crippen molar-refractivity contribution in [2.24, 2.45) is 11.3 Å². The van der Waals surface area contributed by atoms with Gasteiger partial charge >= 0.3 is 0 Å². The summed E-state index contributed by atoms with van der Waals surface area (Å²) in [6.45, 7) is 6.58. The third-order valence-electron chi connectivity index (χ3n) is 4.06. The van der Waals surface area contributed by atoms with E-state index in [1.807, 2.05) is 0 Å². The molecule has 0 amide bonds. The van der Waals surface area contributed by atoms with E-state index in [1.54, 1.807) is 5.57 Å². The summed E-state index contributed by atoms with van der Waals surface area (Å²) in [4.78, 5) is 0. The Labute approximate surface area is 93.2 Å². The summed E-state index contributed by atoms with van der Waals surface area (Å²) in [7, 11) is 0. The standard InChI is InChI=1S/C14H22O/c1-12(2)14(8-10-15-11-9-14)13-6-4-3-5-7-13/h4,6-7,12H,3,5,8-11H2,1-2H3. The first-order chi connectivity index (χ1) is 7.26. The average molecular weight is 206 g/mol. The molecule has 15 heavy (non-hydrogen) atoms. The van der Waals surface area contributed by atoms with Gasteiger partial charge in [0, 0.05) is 18.6 Å². The average Bonchev–Trinajstić information content (AvgIpc) is 2.31. The molecule has 1 heterocycles. The highest BCUT2D eigenvalue weighted by Crippen LogP contribution is 2.46. The van der Waals surface area contributed by atoms with Crippen molar-refractivity contribution in [3.8, 4) is 0 Å². The lowest BCUT2D eigenvalue weighted by Gasteiger charge is -2.42. The molecular weight excluding hydrogens is 184 g/mol. The Morgan fingerprint density at radius 2 is 1.93 bits per heavy atom. The van der Waals surface area contributed by atoms with E-state index in [4.69, 9.17) is 4.74 Å². The van der Waals surface area contributed by atoms with E-state index in [2.05, 4.69) is 32.1 Å². The third-order valence-corrected chi connectivity index (χ3v) is 4.06. The lowest BCUT2D eigenvalue weighted by Crippen LogP contribution is -2.36. The van der Waals surface area contributed by atoms with Crippen molar-refractivity contribution in [3.05, 3.63) is 23.8 Å². The van der Waals surface area contributed by atoms with Crippen molar-refractivity contribution in [1.82, 2.24) is 0 Å². The van der Waals surface area contributed by atoms with Crippen LogP contribution in [0.3, 0.4) is 0 Å². The Kier molecular flexibility index (Phi) is 3.30. The highest BCUT2D eigenvalue weighted by atomic mass is 16.5. The molecule has 1 saturated heterocycles. The van der Waals surface area contributed by atoms with Crippen LogP contribution in [0.25, 0.3) is 0 Å². The molecule has 0 aromatic carbocycles. The Bertz CT molecular complexity index is 267. The molecule has 84 valence electrons. The maximum atomic E-state index is 5.51. The summed E-state index contributed by atoms with van der Waals surface area (Å²) in [5, 5.41) is 0. The van der Waals surface area contributed by atoms with Gasteiger partial charge in [-0.15, -0.1) is 0 Å². The van der Waals surface area contributed by atoms with Gasteiger partial charge in [-0.1, -0.05) is 32.1 Å². The molecule has 0 aromatic heterocycles. The Balaban J connectivity index is 2.24. The Morgan fingerprint density at radius 1 is 1.20 bits per heavy atom. The minimum absolute atomic E-state index is 0.398. The zero-order valence-electron chi connectivity index (χ0n) is 9.96. The van der Waals surface area contributed by atoms with Gasteiger partial charge in [0.05, 0.1) is 0 Å². The lowest BCUT2D eigenvalue weighted by atomic mass is 9.65. The van der Waals surface area contributed by atoms with E-state index in [-0.39, 0.29) is 0 Å². The Morgan fingerprint density at radius 3 is 2.47 bits per heavy atom. The molecule has 0 unspecified atom stereocenters. The summed E-state index contributed by atoms with van der Waals surface area (Å²) >= 11 is 0. The van der Waals surface area contributed by atoms with Crippen LogP contribution in [-0.4, -0.2) is 13.2 Å². The molecule has 0 radical (unpaired) electrons. The summed E-state index contributed by atoms with van der Waals surface area (Å²) in [6, 6.07) is 0. The molecule has 0 spiro atoms. The topological polar surface area (TPSA) is 9.23 Å². The summed E-state index contributed by atoms with van der Waals surface area (Å²) in [5.74, 6) is 0.718. The highest BCUT2D eigenvalue weighted by Gasteiger charge is 2.38. The van der Waals surface area contributed by atoms with E-state index >= 15 is 0 Å². The third kappa shape index (κ3) is 2.03. The van der Waals surface area contributed by atoms with Gasteiger partial charge < -0.3 is 4.74 Å². The first-order valence-corrected chi connectivity index (χ1v) is 6.21. The highest BCUT2D eigenvalue weighted by molar-refractivity contribution is 5.30. The van der Waals surface area contributed by atoms with E-state index in [9.17, 15) is 0 Å². The second-order valence-electron chi connectivity index (χ2n) is 5.06. The maximum Gasteiger partial charge on any atom is 0.0474 e. The van der Waals surface area contributed by atoms with E-state index in [0.29, 0.717) is 5.41 Å². The van der Waals surface area contributed by atoms with Crippen LogP contribution < -0.4 is 0 Å². The van der Waals surface area contributed by atoms with Crippen molar-refractivity contribution in [3.63, 3.8) is 0 Å². The zero-order valence-corrected chi connectivity index (χ0v) is 9.96. The van der Waals surface area contributed by atoms with E-state index in [1.165, 1.54) is 25.7 Å². The van der Waals surface area contributed by atoms with Gasteiger partial charge in [0.1, 0.15) is 0 Å². The van der Waals surface area contributed by atoms with Gasteiger partial charge in [0.15, 0.2) is 0 Å². The van der Waals surface area contributed by atoms with Crippen LogP contribution in [0.1, 0.15) is 39.5 Å². The van der Waals surface area contributed by atoms with Gasteiger partial charge in [0.2, 0.25) is 0 Å². The summed E-state index contributed by atoms with van der Waals surface area (Å²) < 4.78 is 5.51. The number of ether oxygens (including phenoxy) is 1. The van der Waals surface area contributed by atoms with Crippen LogP contribution in [-0.2, 0) is 4.74 Å². The zero-order chi connectivity index (χ0) is 10.7. The lowest BCUT2D eigenvalue weighted by molar-refractivity contribution is 0.0119. The van der Waals surface area contributed by atoms with Gasteiger partial charge in [-0.25, -0.2) is 0 Å². The quantitative estimate of drug-likeness (QED) is 0.669. The predicted octanol–water partition coefficient (Wildman–Crippen LogP) is 3.72. The van der Waals surface area contributed by atoms with E-state index in [0.717, 1.165) is 19.1 Å². The molecule has 1 aliphatic carbocycles. The first kappa shape index (κ1) is 10.9. The fraction of sp³-hybridized carbons (Fsp3) is 0.714. The van der Waals surface area contributed by atoms with Crippen molar-refractivity contribution in [2.45, 2.75) is 39.5 Å². The van der Waals surface area contributed by atoms with Crippen LogP contribution in [0.5, 0.6) is 0 Å². The fourth-order valence-corrected chi connectivity index (χ4v) is 2.92. The van der Waals surface area contributed by atoms with Gasteiger partial charge in [-0.2, -0.15) is 0 Å². The van der Waals surface area contributed by atoms with Crippen LogP contribution >= 0.6 is 0 Å². The molecule has 2 rings (SSSR count). The van der Waals surface area contributed by atoms with Gasteiger partial charge in [-0.05, 0) is 37.2 Å². The molecule has 0 atom stereocenters. The summed E-state index contributed by atoms with van der Waals surface area (Å²) in [6.07, 6.45) is 12.0. The largest absolute Gasteiger partial charge is 0.381 e. The van der Waals surface area contributed by atoms with Crippen molar-refractivity contribution in [1.29, 1.82) is 0 Å². The Hall–Kier alpha value is -0.560. The molecule has 0 N–H and O–H groups in total. The maximum absolute atomic E-state index is 5.51. The molecule has 1 nitrogen and oxygen atoms in total. The second-order valence-corrected chi connectivity index (χ2v) is 5.06.